The van der Waals surface area contributed by atoms with Crippen molar-refractivity contribution in [2.24, 2.45) is 0 Å². The van der Waals surface area contributed by atoms with Gasteiger partial charge in [-0.05, 0) is 36.4 Å². The van der Waals surface area contributed by atoms with Gasteiger partial charge in [0.2, 0.25) is 5.91 Å². The number of hydrogen-bond donors (Lipinski definition) is 2. The third-order valence-electron chi connectivity index (χ3n) is 2.32. The van der Waals surface area contributed by atoms with Crippen LogP contribution in [-0.2, 0) is 4.79 Å². The van der Waals surface area contributed by atoms with Gasteiger partial charge in [0, 0.05) is 11.8 Å². The van der Waals surface area contributed by atoms with Crippen LogP contribution >= 0.6 is 0 Å². The summed E-state index contributed by atoms with van der Waals surface area (Å²) in [5, 5.41) is 11.4. The molecule has 0 aliphatic heterocycles. The highest BCUT2D eigenvalue weighted by Crippen LogP contribution is 2.11. The van der Waals surface area contributed by atoms with Crippen molar-refractivity contribution >= 4 is 23.6 Å². The summed E-state index contributed by atoms with van der Waals surface area (Å²) in [4.78, 5) is 22.4. The quantitative estimate of drug-likeness (QED) is 0.825. The molecule has 0 saturated carbocycles. The van der Waals surface area contributed by atoms with E-state index in [1.807, 2.05) is 0 Å². The van der Waals surface area contributed by atoms with Gasteiger partial charge in [-0.3, -0.25) is 4.79 Å². The number of amides is 1. The first kappa shape index (κ1) is 12.6. The molecule has 0 atom stereocenters. The number of furan rings is 1. The van der Waals surface area contributed by atoms with Gasteiger partial charge in [-0.15, -0.1) is 0 Å². The van der Waals surface area contributed by atoms with E-state index in [0.29, 0.717) is 11.4 Å². The minimum atomic E-state index is -1.04. The topological polar surface area (TPSA) is 79.5 Å². The van der Waals surface area contributed by atoms with Crippen molar-refractivity contribution in [1.29, 1.82) is 0 Å². The molecule has 2 N–H and O–H groups in total. The molecule has 0 saturated heterocycles. The maximum absolute atomic E-state index is 11.6. The van der Waals surface area contributed by atoms with Gasteiger partial charge in [0.15, 0.2) is 0 Å². The number of nitrogens with one attached hydrogen (secondary N) is 1. The molecule has 5 nitrogen and oxygen atoms in total. The lowest BCUT2D eigenvalue weighted by Gasteiger charge is -2.02. The van der Waals surface area contributed by atoms with Gasteiger partial charge in [0.05, 0.1) is 11.8 Å². The second kappa shape index (κ2) is 5.68. The average molecular weight is 257 g/mol. The highest BCUT2D eigenvalue weighted by molar-refractivity contribution is 6.02. The number of anilines is 1. The lowest BCUT2D eigenvalue weighted by atomic mass is 10.2. The van der Waals surface area contributed by atoms with Crippen molar-refractivity contribution in [2.75, 3.05) is 5.32 Å². The summed E-state index contributed by atoms with van der Waals surface area (Å²) in [6, 6.07) is 9.46. The molecule has 1 aromatic heterocycles. The minimum Gasteiger partial charge on any atom is -0.478 e. The third-order valence-corrected chi connectivity index (χ3v) is 2.32. The van der Waals surface area contributed by atoms with E-state index in [-0.39, 0.29) is 11.5 Å². The minimum absolute atomic E-state index is 0.118. The fraction of sp³-hybridized carbons (Fsp3) is 0. The van der Waals surface area contributed by atoms with Gasteiger partial charge in [0.25, 0.3) is 0 Å². The number of carbonyl (C=O) groups is 2. The second-order valence-corrected chi connectivity index (χ2v) is 3.72. The molecule has 0 aliphatic carbocycles. The first-order valence-corrected chi connectivity index (χ1v) is 5.51. The second-order valence-electron chi connectivity index (χ2n) is 3.72. The Hall–Kier alpha value is -2.82. The van der Waals surface area contributed by atoms with E-state index < -0.39 is 5.97 Å². The number of carbonyl (C=O) groups excluding carboxylic acids is 1. The lowest BCUT2D eigenvalue weighted by molar-refractivity contribution is -0.111. The molecule has 1 heterocycles. The first-order valence-electron chi connectivity index (χ1n) is 5.51. The van der Waals surface area contributed by atoms with Crippen molar-refractivity contribution < 1.29 is 19.1 Å². The number of benzene rings is 1. The standard InChI is InChI=1S/C14H11NO4/c16-13(7-6-12-5-2-8-19-12)15-11-4-1-3-10(9-11)14(17)18/h1-9H,(H,15,16)(H,17,18)/b7-6-. The average Bonchev–Trinajstić information content (AvgIpc) is 2.90. The maximum Gasteiger partial charge on any atom is 0.335 e. The summed E-state index contributed by atoms with van der Waals surface area (Å²) in [6.45, 7) is 0. The first-order chi connectivity index (χ1) is 9.15. The van der Waals surface area contributed by atoms with Crippen LogP contribution < -0.4 is 5.32 Å². The van der Waals surface area contributed by atoms with E-state index in [1.54, 1.807) is 24.3 Å². The Kier molecular flexibility index (Phi) is 3.78. The molecule has 0 radical (unpaired) electrons. The Balaban J connectivity index is 2.03. The zero-order valence-corrected chi connectivity index (χ0v) is 9.87. The lowest BCUT2D eigenvalue weighted by Crippen LogP contribution is -2.08. The number of carboxylic acids is 1. The molecule has 2 rings (SSSR count). The van der Waals surface area contributed by atoms with Crippen LogP contribution in [-0.4, -0.2) is 17.0 Å². The molecule has 0 spiro atoms. The van der Waals surface area contributed by atoms with Crippen LogP contribution in [0, 0.1) is 0 Å². The molecule has 19 heavy (non-hydrogen) atoms. The highest BCUT2D eigenvalue weighted by atomic mass is 16.4. The monoisotopic (exact) mass is 257 g/mol. The molecule has 5 heteroatoms. The molecule has 96 valence electrons. The Bertz CT molecular complexity index is 614. The number of aromatic carboxylic acids is 1. The van der Waals surface area contributed by atoms with Crippen molar-refractivity contribution in [2.45, 2.75) is 0 Å². The predicted molar refractivity (Wildman–Crippen MR) is 69.8 cm³/mol. The summed E-state index contributed by atoms with van der Waals surface area (Å²) in [5.41, 5.74) is 0.543. The molecule has 0 bridgehead atoms. The molecule has 2 aromatic rings. The summed E-state index contributed by atoms with van der Waals surface area (Å²) in [5.74, 6) is -0.837. The Morgan fingerprint density at radius 3 is 2.74 bits per heavy atom. The van der Waals surface area contributed by atoms with Crippen molar-refractivity contribution in [3.63, 3.8) is 0 Å². The van der Waals surface area contributed by atoms with Crippen LogP contribution in [0.15, 0.2) is 53.2 Å². The van der Waals surface area contributed by atoms with Gasteiger partial charge < -0.3 is 14.8 Å². The molecular weight excluding hydrogens is 246 g/mol. The Labute approximate surface area is 109 Å². The maximum atomic E-state index is 11.6. The van der Waals surface area contributed by atoms with Crippen LogP contribution in [0.4, 0.5) is 5.69 Å². The van der Waals surface area contributed by atoms with Gasteiger partial charge in [0.1, 0.15) is 5.76 Å². The van der Waals surface area contributed by atoms with Crippen LogP contribution in [0.3, 0.4) is 0 Å². The van der Waals surface area contributed by atoms with E-state index in [4.69, 9.17) is 9.52 Å². The van der Waals surface area contributed by atoms with E-state index in [9.17, 15) is 9.59 Å². The zero-order valence-electron chi connectivity index (χ0n) is 9.87. The summed E-state index contributed by atoms with van der Waals surface area (Å²) in [7, 11) is 0. The molecular formula is C14H11NO4. The normalized spacial score (nSPS) is 10.5. The van der Waals surface area contributed by atoms with E-state index >= 15 is 0 Å². The number of rotatable bonds is 4. The van der Waals surface area contributed by atoms with Crippen LogP contribution in [0.25, 0.3) is 6.08 Å². The van der Waals surface area contributed by atoms with Gasteiger partial charge in [-0.1, -0.05) is 6.07 Å². The van der Waals surface area contributed by atoms with Crippen molar-refractivity contribution in [3.8, 4) is 0 Å². The van der Waals surface area contributed by atoms with Crippen LogP contribution in [0.5, 0.6) is 0 Å². The fourth-order valence-corrected chi connectivity index (χ4v) is 1.46. The van der Waals surface area contributed by atoms with Crippen molar-refractivity contribution in [1.82, 2.24) is 0 Å². The third kappa shape index (κ3) is 3.57. The van der Waals surface area contributed by atoms with E-state index in [0.717, 1.165) is 0 Å². The molecule has 0 unspecified atom stereocenters. The summed E-state index contributed by atoms with van der Waals surface area (Å²) >= 11 is 0. The molecule has 1 amide bonds. The highest BCUT2D eigenvalue weighted by Gasteiger charge is 2.04. The SMILES string of the molecule is O=C(/C=C\c1ccco1)Nc1cccc(C(=O)O)c1. The van der Waals surface area contributed by atoms with Crippen LogP contribution in [0.2, 0.25) is 0 Å². The Morgan fingerprint density at radius 1 is 1.21 bits per heavy atom. The van der Waals surface area contributed by atoms with Gasteiger partial charge >= 0.3 is 5.97 Å². The van der Waals surface area contributed by atoms with Gasteiger partial charge in [-0.25, -0.2) is 4.79 Å². The number of hydrogen-bond acceptors (Lipinski definition) is 3. The molecule has 0 fully saturated rings. The predicted octanol–water partition coefficient (Wildman–Crippen LogP) is 2.63. The fourth-order valence-electron chi connectivity index (χ4n) is 1.46. The van der Waals surface area contributed by atoms with Crippen LogP contribution in [0.1, 0.15) is 16.1 Å². The summed E-state index contributed by atoms with van der Waals surface area (Å²) < 4.78 is 5.04. The van der Waals surface area contributed by atoms with E-state index in [2.05, 4.69) is 5.32 Å². The van der Waals surface area contributed by atoms with Crippen molar-refractivity contribution in [3.05, 3.63) is 60.1 Å². The smallest absolute Gasteiger partial charge is 0.335 e. The zero-order chi connectivity index (χ0) is 13.7. The Morgan fingerprint density at radius 2 is 2.05 bits per heavy atom. The summed E-state index contributed by atoms with van der Waals surface area (Å²) in [6.07, 6.45) is 4.34. The van der Waals surface area contributed by atoms with E-state index in [1.165, 1.54) is 30.5 Å². The molecule has 1 aromatic carbocycles. The largest absolute Gasteiger partial charge is 0.478 e. The number of carboxylic acid groups (broad SMARTS) is 1. The van der Waals surface area contributed by atoms with Gasteiger partial charge in [-0.2, -0.15) is 0 Å². The molecule has 0 aliphatic rings.